The highest BCUT2D eigenvalue weighted by molar-refractivity contribution is 4.75. The lowest BCUT2D eigenvalue weighted by atomic mass is 10.2. The zero-order chi connectivity index (χ0) is 13.1. The summed E-state index contributed by atoms with van der Waals surface area (Å²) >= 11 is 0. The van der Waals surface area contributed by atoms with Crippen LogP contribution in [0.5, 0.6) is 0 Å². The molecule has 0 aromatic rings. The highest BCUT2D eigenvalue weighted by Crippen LogP contribution is 2.07. The molecule has 1 aliphatic heterocycles. The first kappa shape index (κ1) is 22.1. The van der Waals surface area contributed by atoms with Crippen LogP contribution >= 0.6 is 0 Å². The van der Waals surface area contributed by atoms with Crippen molar-refractivity contribution in [2.45, 2.75) is 74.9 Å². The van der Waals surface area contributed by atoms with Gasteiger partial charge in [0.05, 0.1) is 0 Å². The summed E-state index contributed by atoms with van der Waals surface area (Å²) in [6.07, 6.45) is 0. The zero-order valence-electron chi connectivity index (χ0n) is 12.9. The fraction of sp³-hybridized carbons (Fsp3) is 1.00. The van der Waals surface area contributed by atoms with Crippen LogP contribution in [-0.4, -0.2) is 48.1 Å². The minimum atomic E-state index is 0. The van der Waals surface area contributed by atoms with Gasteiger partial charge in [-0.05, 0) is 27.7 Å². The summed E-state index contributed by atoms with van der Waals surface area (Å²) in [5, 5.41) is 0. The summed E-state index contributed by atoms with van der Waals surface area (Å²) in [5.41, 5.74) is 0. The van der Waals surface area contributed by atoms with E-state index >= 15 is 0 Å². The van der Waals surface area contributed by atoms with Gasteiger partial charge in [-0.15, -0.1) is 0 Å². The fourth-order valence-electron chi connectivity index (χ4n) is 1.77. The lowest BCUT2D eigenvalue weighted by Gasteiger charge is -2.38. The summed E-state index contributed by atoms with van der Waals surface area (Å²) < 4.78 is 0. The third-order valence-electron chi connectivity index (χ3n) is 2.81. The van der Waals surface area contributed by atoms with E-state index in [2.05, 4.69) is 37.5 Å². The van der Waals surface area contributed by atoms with Gasteiger partial charge < -0.3 is 0 Å². The van der Waals surface area contributed by atoms with Crippen LogP contribution in [0.15, 0.2) is 0 Å². The molecule has 0 radical (unpaired) electrons. The van der Waals surface area contributed by atoms with Crippen LogP contribution in [0.2, 0.25) is 0 Å². The van der Waals surface area contributed by atoms with Crippen LogP contribution < -0.4 is 0 Å². The van der Waals surface area contributed by atoms with Gasteiger partial charge in [0.2, 0.25) is 0 Å². The fourth-order valence-corrected chi connectivity index (χ4v) is 1.77. The van der Waals surface area contributed by atoms with Crippen LogP contribution in [0.1, 0.15) is 62.8 Å². The van der Waals surface area contributed by atoms with Crippen molar-refractivity contribution in [3.63, 3.8) is 0 Å². The predicted molar refractivity (Wildman–Crippen MR) is 82.8 cm³/mol. The van der Waals surface area contributed by atoms with Gasteiger partial charge in [0.15, 0.2) is 0 Å². The van der Waals surface area contributed by atoms with Gasteiger partial charge in [-0.1, -0.05) is 35.1 Å². The van der Waals surface area contributed by atoms with Crippen LogP contribution in [0.3, 0.4) is 0 Å². The first-order valence-corrected chi connectivity index (χ1v) is 7.09. The molecule has 17 heavy (non-hydrogen) atoms. The van der Waals surface area contributed by atoms with Crippen molar-refractivity contribution in [3.05, 3.63) is 0 Å². The second-order valence-corrected chi connectivity index (χ2v) is 4.26. The monoisotopic (exact) mass is 246 g/mol. The van der Waals surface area contributed by atoms with E-state index in [4.69, 9.17) is 0 Å². The maximum absolute atomic E-state index is 2.55. The van der Waals surface area contributed by atoms with E-state index < -0.39 is 0 Å². The van der Waals surface area contributed by atoms with E-state index in [1.54, 1.807) is 0 Å². The van der Waals surface area contributed by atoms with Crippen molar-refractivity contribution in [2.75, 3.05) is 26.2 Å². The minimum absolute atomic E-state index is 0. The van der Waals surface area contributed by atoms with Crippen LogP contribution in [-0.2, 0) is 0 Å². The molecule has 0 bridgehead atoms. The average Bonchev–Trinajstić information content (AvgIpc) is 2.34. The van der Waals surface area contributed by atoms with Crippen molar-refractivity contribution < 1.29 is 0 Å². The molecule has 0 saturated carbocycles. The Balaban J connectivity index is -0.000000355. The Kier molecular flexibility index (Phi) is 18.2. The molecule has 1 aliphatic rings. The summed E-state index contributed by atoms with van der Waals surface area (Å²) in [6.45, 7) is 22.1. The van der Waals surface area contributed by atoms with E-state index in [-0.39, 0.29) is 7.43 Å². The van der Waals surface area contributed by atoms with Crippen molar-refractivity contribution >= 4 is 0 Å². The lowest BCUT2D eigenvalue weighted by molar-refractivity contribution is 0.0887. The van der Waals surface area contributed by atoms with E-state index in [0.717, 1.165) is 12.1 Å². The molecular weight excluding hydrogens is 208 g/mol. The highest BCUT2D eigenvalue weighted by Gasteiger charge is 2.19. The molecule has 0 amide bonds. The molecule has 1 saturated heterocycles. The quantitative estimate of drug-likeness (QED) is 0.723. The largest absolute Gasteiger partial charge is 0.298 e. The van der Waals surface area contributed by atoms with E-state index in [0.29, 0.717) is 0 Å². The molecular formula is C15H38N2. The van der Waals surface area contributed by atoms with E-state index in [1.165, 1.54) is 26.2 Å². The van der Waals surface area contributed by atoms with Gasteiger partial charge in [-0.25, -0.2) is 0 Å². The Bertz CT molecular complexity index is 109. The minimum Gasteiger partial charge on any atom is -0.298 e. The van der Waals surface area contributed by atoms with Gasteiger partial charge in [0.25, 0.3) is 0 Å². The Morgan fingerprint density at radius 1 is 0.588 bits per heavy atom. The van der Waals surface area contributed by atoms with Crippen LogP contribution in [0.4, 0.5) is 0 Å². The van der Waals surface area contributed by atoms with Gasteiger partial charge in [-0.2, -0.15) is 0 Å². The second kappa shape index (κ2) is 14.0. The summed E-state index contributed by atoms with van der Waals surface area (Å²) in [4.78, 5) is 5.11. The third-order valence-corrected chi connectivity index (χ3v) is 2.81. The van der Waals surface area contributed by atoms with E-state index in [9.17, 15) is 0 Å². The summed E-state index contributed by atoms with van der Waals surface area (Å²) in [5.74, 6) is 0. The highest BCUT2D eigenvalue weighted by atomic mass is 15.3. The maximum atomic E-state index is 2.55. The third kappa shape index (κ3) is 9.61. The zero-order valence-corrected chi connectivity index (χ0v) is 12.9. The molecule has 0 N–H and O–H groups in total. The van der Waals surface area contributed by atoms with Gasteiger partial charge in [0, 0.05) is 38.3 Å². The summed E-state index contributed by atoms with van der Waals surface area (Å²) in [6, 6.07) is 1.44. The van der Waals surface area contributed by atoms with Gasteiger partial charge in [-0.3, -0.25) is 9.80 Å². The van der Waals surface area contributed by atoms with Crippen molar-refractivity contribution in [3.8, 4) is 0 Å². The molecule has 1 heterocycles. The predicted octanol–water partition coefficient (Wildman–Crippen LogP) is 4.11. The van der Waals surface area contributed by atoms with Crippen LogP contribution in [0, 0.1) is 0 Å². The average molecular weight is 246 g/mol. The molecule has 0 aromatic heterocycles. The number of nitrogens with zero attached hydrogens (tertiary/aromatic N) is 2. The first-order valence-electron chi connectivity index (χ1n) is 7.09. The molecule has 2 nitrogen and oxygen atoms in total. The Morgan fingerprint density at radius 3 is 0.882 bits per heavy atom. The smallest absolute Gasteiger partial charge is 0.0113 e. The molecule has 108 valence electrons. The van der Waals surface area contributed by atoms with Crippen LogP contribution in [0.25, 0.3) is 0 Å². The lowest BCUT2D eigenvalue weighted by Crippen LogP contribution is -2.50. The van der Waals surface area contributed by atoms with Crippen molar-refractivity contribution in [2.24, 2.45) is 0 Å². The Hall–Kier alpha value is -0.0800. The molecule has 0 aliphatic carbocycles. The molecule has 0 unspecified atom stereocenters. The SMILES string of the molecule is C.CC.CC.CC(C)N1CCN(C(C)C)CC1. The first-order chi connectivity index (χ1) is 7.61. The molecule has 0 atom stereocenters. The number of hydrogen-bond acceptors (Lipinski definition) is 2. The number of hydrogen-bond donors (Lipinski definition) is 0. The van der Waals surface area contributed by atoms with Crippen molar-refractivity contribution in [1.29, 1.82) is 0 Å². The topological polar surface area (TPSA) is 6.48 Å². The van der Waals surface area contributed by atoms with Crippen molar-refractivity contribution in [1.82, 2.24) is 9.80 Å². The van der Waals surface area contributed by atoms with Gasteiger partial charge in [0.1, 0.15) is 0 Å². The summed E-state index contributed by atoms with van der Waals surface area (Å²) in [7, 11) is 0. The number of piperazine rings is 1. The standard InChI is InChI=1S/C10H22N2.2C2H6.CH4/c1-9(2)11-5-7-12(8-6-11)10(3)4;2*1-2;/h9-10H,5-8H2,1-4H3;2*1-2H3;1H4. The molecule has 0 spiro atoms. The maximum Gasteiger partial charge on any atom is 0.0113 e. The van der Waals surface area contributed by atoms with Gasteiger partial charge >= 0.3 is 0 Å². The Labute approximate surface area is 111 Å². The molecule has 1 fully saturated rings. The number of rotatable bonds is 2. The second-order valence-electron chi connectivity index (χ2n) is 4.26. The molecule has 1 rings (SSSR count). The van der Waals surface area contributed by atoms with E-state index in [1.807, 2.05) is 27.7 Å². The normalized spacial score (nSPS) is 16.6. The Morgan fingerprint density at radius 2 is 0.765 bits per heavy atom. The molecule has 2 heteroatoms. The molecule has 0 aromatic carbocycles.